The van der Waals surface area contributed by atoms with Crippen molar-refractivity contribution in [2.75, 3.05) is 66.0 Å². The molecule has 0 amide bonds. The molecule has 300 valence electrons. The van der Waals surface area contributed by atoms with Crippen LogP contribution in [0.3, 0.4) is 0 Å². The van der Waals surface area contributed by atoms with Crippen LogP contribution in [0.4, 0.5) is 5.69 Å². The Bertz CT molecular complexity index is 2140. The fourth-order valence-electron chi connectivity index (χ4n) is 13.1. The number of piperidine rings is 1. The summed E-state index contributed by atoms with van der Waals surface area (Å²) in [5.41, 5.74) is -1.80. The van der Waals surface area contributed by atoms with Gasteiger partial charge in [-0.15, -0.1) is 0 Å². The topological polar surface area (TPSA) is 151 Å². The highest BCUT2D eigenvalue weighted by Gasteiger charge is 2.76. The van der Waals surface area contributed by atoms with Crippen LogP contribution in [-0.2, 0) is 36.3 Å². The molecule has 1 aliphatic carbocycles. The minimum absolute atomic E-state index is 0.0878. The highest BCUT2D eigenvalue weighted by molar-refractivity contribution is 5.95. The summed E-state index contributed by atoms with van der Waals surface area (Å²) < 4.78 is 17.6. The van der Waals surface area contributed by atoms with Crippen LogP contribution < -0.4 is 14.7 Å². The number of ether oxygens (including phenoxy) is 3. The van der Waals surface area contributed by atoms with E-state index in [4.69, 9.17) is 14.2 Å². The van der Waals surface area contributed by atoms with Gasteiger partial charge in [0.1, 0.15) is 11.2 Å². The number of nitrogens with one attached hydrogen (secondary N) is 1. The van der Waals surface area contributed by atoms with Crippen molar-refractivity contribution in [2.45, 2.75) is 92.6 Å². The summed E-state index contributed by atoms with van der Waals surface area (Å²) in [6.07, 6.45) is 5.35. The van der Waals surface area contributed by atoms with Gasteiger partial charge in [-0.05, 0) is 79.7 Å². The van der Waals surface area contributed by atoms with Crippen LogP contribution in [0.2, 0.25) is 0 Å². The van der Waals surface area contributed by atoms with Crippen molar-refractivity contribution in [2.24, 2.45) is 11.3 Å². The van der Waals surface area contributed by atoms with E-state index in [-0.39, 0.29) is 12.0 Å². The summed E-state index contributed by atoms with van der Waals surface area (Å²) in [7, 11) is 6.10. The van der Waals surface area contributed by atoms with Gasteiger partial charge in [-0.3, -0.25) is 14.6 Å². The Kier molecular flexibility index (Phi) is 8.59. The fraction of sp³-hybridized carbons (Fsp3) is 0.591. The maximum atomic E-state index is 15.2. The number of rotatable bonds is 6. The van der Waals surface area contributed by atoms with Gasteiger partial charge in [0.2, 0.25) is 0 Å². The first-order valence-corrected chi connectivity index (χ1v) is 20.3. The summed E-state index contributed by atoms with van der Waals surface area (Å²) >= 11 is 0. The molecule has 5 unspecified atom stereocenters. The van der Waals surface area contributed by atoms with Crippen molar-refractivity contribution in [3.63, 3.8) is 0 Å². The minimum atomic E-state index is -2.40. The van der Waals surface area contributed by atoms with E-state index in [9.17, 15) is 15.0 Å². The number of hydrogen-bond donors (Lipinski definition) is 3. The Hall–Kier alpha value is -3.94. The number of aromatic amines is 1. The molecule has 1 spiro atoms. The van der Waals surface area contributed by atoms with Crippen LogP contribution in [0.5, 0.6) is 5.75 Å². The first kappa shape index (κ1) is 37.6. The lowest BCUT2D eigenvalue weighted by molar-refractivity contribution is -0.486. The number of benzene rings is 2. The number of anilines is 1. The third-order valence-corrected chi connectivity index (χ3v) is 15.3. The zero-order valence-electron chi connectivity index (χ0n) is 33.4. The Morgan fingerprint density at radius 1 is 0.982 bits per heavy atom. The van der Waals surface area contributed by atoms with Crippen molar-refractivity contribution in [1.29, 1.82) is 0 Å². The summed E-state index contributed by atoms with van der Waals surface area (Å²) in [4.78, 5) is 39.6. The van der Waals surface area contributed by atoms with Gasteiger partial charge >= 0.3 is 11.9 Å². The third-order valence-electron chi connectivity index (χ3n) is 15.3. The normalized spacial score (nSPS) is 38.4. The van der Waals surface area contributed by atoms with E-state index in [0.29, 0.717) is 82.6 Å². The SMILES string of the molecule is CC[C@]1(O)CC2CN(CCc3c([nH]c4ccccc34)[C@@](C(=O)OC)(c3cc4c(cc3OC)N(C)C3C45CCN4CC=C[C@](CC)(C45)[C@@H]([O-])[C@]3(O)C(=O)OC)C2)C1. The van der Waals surface area contributed by atoms with Crippen LogP contribution in [-0.4, -0.2) is 127 Å². The molecule has 6 aliphatic rings. The van der Waals surface area contributed by atoms with Crippen LogP contribution in [0.1, 0.15) is 68.3 Å². The van der Waals surface area contributed by atoms with Crippen molar-refractivity contribution in [3.05, 3.63) is 70.9 Å². The second-order valence-corrected chi connectivity index (χ2v) is 17.6. The first-order chi connectivity index (χ1) is 26.8. The predicted molar refractivity (Wildman–Crippen MR) is 209 cm³/mol. The Balaban J connectivity index is 1.36. The lowest BCUT2D eigenvalue weighted by atomic mass is 9.47. The molecule has 56 heavy (non-hydrogen) atoms. The van der Waals surface area contributed by atoms with Crippen LogP contribution in [0, 0.1) is 11.3 Å². The van der Waals surface area contributed by atoms with Gasteiger partial charge < -0.3 is 39.4 Å². The molecule has 3 N–H and O–H groups in total. The molecular weight excluding hydrogens is 713 g/mol. The number of H-pyrrole nitrogens is 1. The maximum absolute atomic E-state index is 15.2. The van der Waals surface area contributed by atoms with E-state index in [1.54, 1.807) is 7.11 Å². The van der Waals surface area contributed by atoms with E-state index in [1.807, 2.05) is 62.2 Å². The summed E-state index contributed by atoms with van der Waals surface area (Å²) in [6.45, 7) is 7.29. The summed E-state index contributed by atoms with van der Waals surface area (Å²) in [5, 5.41) is 40.8. The molecular formula is C44H55N4O8-. The van der Waals surface area contributed by atoms with Gasteiger partial charge in [-0.1, -0.05) is 50.3 Å². The molecule has 10 atom stereocenters. The predicted octanol–water partition coefficient (Wildman–Crippen LogP) is 2.79. The van der Waals surface area contributed by atoms with Gasteiger partial charge in [-0.25, -0.2) is 4.79 Å². The number of methoxy groups -OCH3 is 3. The lowest BCUT2D eigenvalue weighted by Gasteiger charge is -2.67. The second kappa shape index (κ2) is 12.8. The Morgan fingerprint density at radius 2 is 1.75 bits per heavy atom. The van der Waals surface area contributed by atoms with E-state index in [0.717, 1.165) is 33.4 Å². The molecule has 3 fully saturated rings. The highest BCUT2D eigenvalue weighted by atomic mass is 16.5. The zero-order valence-corrected chi connectivity index (χ0v) is 33.4. The molecule has 1 saturated carbocycles. The molecule has 9 rings (SSSR count). The third kappa shape index (κ3) is 4.59. The van der Waals surface area contributed by atoms with Crippen LogP contribution >= 0.6 is 0 Å². The van der Waals surface area contributed by atoms with Gasteiger partial charge in [0.05, 0.1) is 33.0 Å². The molecule has 1 aromatic heterocycles. The van der Waals surface area contributed by atoms with E-state index in [2.05, 4.69) is 26.9 Å². The Labute approximate surface area is 328 Å². The largest absolute Gasteiger partial charge is 0.849 e. The van der Waals surface area contributed by atoms with Crippen molar-refractivity contribution in [1.82, 2.24) is 14.8 Å². The average Bonchev–Trinajstić information content (AvgIpc) is 3.87. The number of likely N-dealkylation sites (N-methyl/N-ethyl adjacent to an activating group) is 1. The van der Waals surface area contributed by atoms with E-state index < -0.39 is 51.5 Å². The molecule has 3 aromatic rings. The quantitative estimate of drug-likeness (QED) is 0.251. The summed E-state index contributed by atoms with van der Waals surface area (Å²) in [5.74, 6) is -1.00. The van der Waals surface area contributed by atoms with Gasteiger partial charge in [0, 0.05) is 78.6 Å². The van der Waals surface area contributed by atoms with Gasteiger partial charge in [0.15, 0.2) is 5.60 Å². The number of aromatic nitrogens is 1. The number of esters is 2. The molecule has 5 aliphatic heterocycles. The molecule has 0 radical (unpaired) electrons. The zero-order chi connectivity index (χ0) is 39.6. The number of para-hydroxylation sites is 1. The Morgan fingerprint density at radius 3 is 2.46 bits per heavy atom. The molecule has 6 heterocycles. The minimum Gasteiger partial charge on any atom is -0.849 e. The number of carbonyl (C=O) groups is 2. The van der Waals surface area contributed by atoms with Gasteiger partial charge in [-0.2, -0.15) is 0 Å². The molecule has 2 aromatic carbocycles. The highest BCUT2D eigenvalue weighted by Crippen LogP contribution is 2.67. The molecule has 2 bridgehead atoms. The first-order valence-electron chi connectivity index (χ1n) is 20.3. The van der Waals surface area contributed by atoms with Crippen molar-refractivity contribution in [3.8, 4) is 5.75 Å². The van der Waals surface area contributed by atoms with Gasteiger partial charge in [0.25, 0.3) is 0 Å². The molecule has 12 heteroatoms. The van der Waals surface area contributed by atoms with Crippen molar-refractivity contribution < 1.29 is 39.1 Å². The fourth-order valence-corrected chi connectivity index (χ4v) is 13.1. The number of fused-ring (bicyclic) bond motifs is 6. The number of hydrogen-bond acceptors (Lipinski definition) is 11. The lowest BCUT2D eigenvalue weighted by Crippen LogP contribution is -2.83. The summed E-state index contributed by atoms with van der Waals surface area (Å²) in [6, 6.07) is 10.9. The molecule has 2 saturated heterocycles. The smallest absolute Gasteiger partial charge is 0.338 e. The standard InChI is InChI=1S/C44H55N4O8/c1-7-40(52)22-26-23-43(38(50)55-5,34-28(14-18-47(24-26)25-40)27-12-9-10-13-31(27)45-34)30-20-29-32(21-33(30)54-4)46(3)36-42(29)16-19-48-17-11-15-41(8-2,35(42)48)37(49)44(36,53)39(51)56-6/h9-13,15,20-21,26,35-37,45,52-53H,7-8,14,16-19,22-25H2,1-6H3/q-1/t26?,35?,36?,37-,40+,41-,42?,43+,44+/m1/s1. The average molecular weight is 768 g/mol. The van der Waals surface area contributed by atoms with E-state index in [1.165, 1.54) is 14.2 Å². The number of aliphatic hydroxyl groups is 2. The van der Waals surface area contributed by atoms with Crippen molar-refractivity contribution >= 4 is 28.5 Å². The monoisotopic (exact) mass is 767 g/mol. The number of carbonyl (C=O) groups excluding carboxylic acids is 2. The van der Waals surface area contributed by atoms with E-state index >= 15 is 9.90 Å². The number of nitrogens with zero attached hydrogens (tertiary/aromatic N) is 3. The van der Waals surface area contributed by atoms with Crippen LogP contribution in [0.15, 0.2) is 48.6 Å². The van der Waals surface area contributed by atoms with Crippen LogP contribution in [0.25, 0.3) is 10.9 Å². The maximum Gasteiger partial charge on any atom is 0.338 e. The molecule has 12 nitrogen and oxygen atoms in total. The second-order valence-electron chi connectivity index (χ2n) is 17.6.